The number of amides is 1. The predicted molar refractivity (Wildman–Crippen MR) is 87.1 cm³/mol. The summed E-state index contributed by atoms with van der Waals surface area (Å²) in [5, 5.41) is 2.98. The first kappa shape index (κ1) is 14.9. The van der Waals surface area contributed by atoms with Gasteiger partial charge in [0.05, 0.1) is 6.04 Å². The largest absolute Gasteiger partial charge is 0.399 e. The number of rotatable bonds is 3. The maximum atomic E-state index is 12.3. The number of aryl methyl sites for hydroxylation is 2. The number of carbonyl (C=O) groups is 1. The molecule has 2 aromatic carbocycles. The highest BCUT2D eigenvalue weighted by Crippen LogP contribution is 2.20. The summed E-state index contributed by atoms with van der Waals surface area (Å²) < 4.78 is 0. The molecule has 0 aliphatic heterocycles. The van der Waals surface area contributed by atoms with E-state index in [9.17, 15) is 4.79 Å². The quantitative estimate of drug-likeness (QED) is 0.757. The Bertz CT molecular complexity index is 659. The van der Waals surface area contributed by atoms with Gasteiger partial charge in [-0.25, -0.2) is 0 Å². The molecule has 0 saturated heterocycles. The molecule has 2 rings (SSSR count). The van der Waals surface area contributed by atoms with Crippen molar-refractivity contribution in [1.82, 2.24) is 5.32 Å². The van der Waals surface area contributed by atoms with Crippen molar-refractivity contribution in [3.05, 3.63) is 58.7 Å². The molecule has 0 heterocycles. The van der Waals surface area contributed by atoms with Crippen LogP contribution < -0.4 is 16.8 Å². The molecule has 0 bridgehead atoms. The summed E-state index contributed by atoms with van der Waals surface area (Å²) in [5.74, 6) is -0.179. The highest BCUT2D eigenvalue weighted by atomic mass is 16.1. The number of anilines is 2. The molecule has 1 unspecified atom stereocenters. The van der Waals surface area contributed by atoms with Crippen molar-refractivity contribution >= 4 is 17.3 Å². The number of nitrogen functional groups attached to an aromatic ring is 2. The maximum Gasteiger partial charge on any atom is 0.251 e. The van der Waals surface area contributed by atoms with Crippen LogP contribution in [-0.2, 0) is 0 Å². The monoisotopic (exact) mass is 283 g/mol. The molecule has 1 amide bonds. The van der Waals surface area contributed by atoms with Gasteiger partial charge in [-0.3, -0.25) is 4.79 Å². The maximum absolute atomic E-state index is 12.3. The van der Waals surface area contributed by atoms with Gasteiger partial charge in [-0.05, 0) is 50.1 Å². The van der Waals surface area contributed by atoms with E-state index in [4.69, 9.17) is 11.5 Å². The smallest absolute Gasteiger partial charge is 0.251 e. The van der Waals surface area contributed by atoms with Crippen LogP contribution in [0.15, 0.2) is 36.4 Å². The van der Waals surface area contributed by atoms with Crippen LogP contribution in [0.2, 0.25) is 0 Å². The number of carbonyl (C=O) groups excluding carboxylic acids is 1. The molecule has 4 heteroatoms. The van der Waals surface area contributed by atoms with Crippen LogP contribution in [-0.4, -0.2) is 5.91 Å². The fraction of sp³-hybridized carbons (Fsp3) is 0.235. The highest BCUT2D eigenvalue weighted by molar-refractivity contribution is 5.96. The second kappa shape index (κ2) is 5.87. The summed E-state index contributed by atoms with van der Waals surface area (Å²) in [4.78, 5) is 12.3. The Morgan fingerprint density at radius 3 is 2.24 bits per heavy atom. The summed E-state index contributed by atoms with van der Waals surface area (Å²) in [6.45, 7) is 6.06. The number of nitrogens with one attached hydrogen (secondary N) is 1. The Kier molecular flexibility index (Phi) is 4.17. The SMILES string of the molecule is Cc1ccc(C(C)NC(=O)c2cc(N)cc(N)c2)c(C)c1. The fourth-order valence-electron chi connectivity index (χ4n) is 2.48. The molecular weight excluding hydrogens is 262 g/mol. The molecule has 0 aromatic heterocycles. The molecule has 0 aliphatic carbocycles. The zero-order valence-electron chi connectivity index (χ0n) is 12.6. The minimum absolute atomic E-state index is 0.0826. The van der Waals surface area contributed by atoms with Crippen molar-refractivity contribution in [1.29, 1.82) is 0 Å². The van der Waals surface area contributed by atoms with Crippen LogP contribution in [0.25, 0.3) is 0 Å². The molecule has 0 saturated carbocycles. The van der Waals surface area contributed by atoms with Crippen molar-refractivity contribution in [2.24, 2.45) is 0 Å². The van der Waals surface area contributed by atoms with E-state index in [1.165, 1.54) is 5.56 Å². The molecule has 1 atom stereocenters. The second-order valence-corrected chi connectivity index (χ2v) is 5.44. The van der Waals surface area contributed by atoms with Gasteiger partial charge in [-0.15, -0.1) is 0 Å². The van der Waals surface area contributed by atoms with Crippen molar-refractivity contribution in [3.8, 4) is 0 Å². The van der Waals surface area contributed by atoms with E-state index in [-0.39, 0.29) is 11.9 Å². The van der Waals surface area contributed by atoms with Gasteiger partial charge in [0.1, 0.15) is 0 Å². The summed E-state index contributed by atoms with van der Waals surface area (Å²) in [7, 11) is 0. The predicted octanol–water partition coefficient (Wildman–Crippen LogP) is 2.96. The zero-order valence-corrected chi connectivity index (χ0v) is 12.6. The zero-order chi connectivity index (χ0) is 15.6. The van der Waals surface area contributed by atoms with Gasteiger partial charge in [0.15, 0.2) is 0 Å². The minimum atomic E-state index is -0.179. The van der Waals surface area contributed by atoms with Crippen molar-refractivity contribution in [2.75, 3.05) is 11.5 Å². The van der Waals surface area contributed by atoms with Gasteiger partial charge in [0.2, 0.25) is 0 Å². The number of hydrogen-bond acceptors (Lipinski definition) is 3. The number of nitrogens with two attached hydrogens (primary N) is 2. The Labute approximate surface area is 125 Å². The van der Waals surface area contributed by atoms with Gasteiger partial charge in [-0.1, -0.05) is 23.8 Å². The van der Waals surface area contributed by atoms with Crippen LogP contribution >= 0.6 is 0 Å². The standard InChI is InChI=1S/C17H21N3O/c1-10-4-5-16(11(2)6-10)12(3)20-17(21)13-7-14(18)9-15(19)8-13/h4-9,12H,18-19H2,1-3H3,(H,20,21). The molecule has 0 radical (unpaired) electrons. The first-order chi connectivity index (χ1) is 9.86. The Morgan fingerprint density at radius 2 is 1.67 bits per heavy atom. The van der Waals surface area contributed by atoms with Gasteiger partial charge in [0, 0.05) is 16.9 Å². The van der Waals surface area contributed by atoms with E-state index in [0.29, 0.717) is 16.9 Å². The molecule has 2 aromatic rings. The fourth-order valence-corrected chi connectivity index (χ4v) is 2.48. The van der Waals surface area contributed by atoms with E-state index in [1.54, 1.807) is 18.2 Å². The summed E-state index contributed by atoms with van der Waals surface area (Å²) in [6, 6.07) is 11.0. The van der Waals surface area contributed by atoms with Crippen LogP contribution in [0.4, 0.5) is 11.4 Å². The first-order valence-electron chi connectivity index (χ1n) is 6.91. The highest BCUT2D eigenvalue weighted by Gasteiger charge is 2.14. The molecule has 21 heavy (non-hydrogen) atoms. The van der Waals surface area contributed by atoms with Gasteiger partial charge in [-0.2, -0.15) is 0 Å². The van der Waals surface area contributed by atoms with Crippen LogP contribution in [0, 0.1) is 13.8 Å². The lowest BCUT2D eigenvalue weighted by atomic mass is 10.00. The molecule has 4 nitrogen and oxygen atoms in total. The van der Waals surface area contributed by atoms with Crippen LogP contribution in [0.5, 0.6) is 0 Å². The van der Waals surface area contributed by atoms with Crippen LogP contribution in [0.3, 0.4) is 0 Å². The molecule has 0 spiro atoms. The summed E-state index contributed by atoms with van der Waals surface area (Å²) in [5.41, 5.74) is 16.4. The van der Waals surface area contributed by atoms with E-state index < -0.39 is 0 Å². The molecular formula is C17H21N3O. The topological polar surface area (TPSA) is 81.1 Å². The lowest BCUT2D eigenvalue weighted by Gasteiger charge is -2.17. The molecule has 0 fully saturated rings. The lowest BCUT2D eigenvalue weighted by molar-refractivity contribution is 0.0940. The average molecular weight is 283 g/mol. The van der Waals surface area contributed by atoms with E-state index in [2.05, 4.69) is 18.3 Å². The average Bonchev–Trinajstić information content (AvgIpc) is 2.37. The summed E-state index contributed by atoms with van der Waals surface area (Å²) >= 11 is 0. The minimum Gasteiger partial charge on any atom is -0.399 e. The third kappa shape index (κ3) is 3.54. The third-order valence-corrected chi connectivity index (χ3v) is 3.48. The Balaban J connectivity index is 2.18. The van der Waals surface area contributed by atoms with Crippen molar-refractivity contribution in [3.63, 3.8) is 0 Å². The van der Waals surface area contributed by atoms with Crippen LogP contribution in [0.1, 0.15) is 40.0 Å². The lowest BCUT2D eigenvalue weighted by Crippen LogP contribution is -2.27. The van der Waals surface area contributed by atoms with E-state index in [0.717, 1.165) is 11.1 Å². The Hall–Kier alpha value is -2.49. The van der Waals surface area contributed by atoms with E-state index in [1.807, 2.05) is 26.0 Å². The van der Waals surface area contributed by atoms with Crippen molar-refractivity contribution in [2.45, 2.75) is 26.8 Å². The van der Waals surface area contributed by atoms with Gasteiger partial charge in [0.25, 0.3) is 5.91 Å². The summed E-state index contributed by atoms with van der Waals surface area (Å²) in [6.07, 6.45) is 0. The molecule has 0 aliphatic rings. The first-order valence-corrected chi connectivity index (χ1v) is 6.91. The van der Waals surface area contributed by atoms with Gasteiger partial charge >= 0.3 is 0 Å². The number of benzene rings is 2. The molecule has 5 N–H and O–H groups in total. The third-order valence-electron chi connectivity index (χ3n) is 3.48. The second-order valence-electron chi connectivity index (χ2n) is 5.44. The van der Waals surface area contributed by atoms with Gasteiger partial charge < -0.3 is 16.8 Å². The van der Waals surface area contributed by atoms with E-state index >= 15 is 0 Å². The molecule has 110 valence electrons. The Morgan fingerprint density at radius 1 is 1.05 bits per heavy atom. The normalized spacial score (nSPS) is 12.0. The number of hydrogen-bond donors (Lipinski definition) is 3. The van der Waals surface area contributed by atoms with Crippen molar-refractivity contribution < 1.29 is 4.79 Å².